The normalized spacial score (nSPS) is 27.2. The summed E-state index contributed by atoms with van der Waals surface area (Å²) in [5.41, 5.74) is 6.38. The minimum Gasteiger partial charge on any atom is -0.383 e. The van der Waals surface area contributed by atoms with Gasteiger partial charge in [-0.15, -0.1) is 0 Å². The summed E-state index contributed by atoms with van der Waals surface area (Å²) in [6, 6.07) is 1.45. The quantitative estimate of drug-likeness (QED) is 0.804. The van der Waals surface area contributed by atoms with Crippen molar-refractivity contribution in [3.05, 3.63) is 0 Å². The zero-order valence-corrected chi connectivity index (χ0v) is 11.8. The molecule has 0 radical (unpaired) electrons. The molecule has 0 spiro atoms. The molecule has 0 amide bonds. The van der Waals surface area contributed by atoms with E-state index < -0.39 is 0 Å². The van der Waals surface area contributed by atoms with E-state index in [1.165, 1.54) is 38.5 Å². The third-order valence-electron chi connectivity index (χ3n) is 3.92. The fourth-order valence-electron chi connectivity index (χ4n) is 2.91. The molecule has 0 heterocycles. The van der Waals surface area contributed by atoms with Gasteiger partial charge in [0.15, 0.2) is 0 Å². The van der Waals surface area contributed by atoms with Crippen LogP contribution in [0.5, 0.6) is 0 Å². The summed E-state index contributed by atoms with van der Waals surface area (Å²) in [5, 5.41) is 0. The molecule has 2 atom stereocenters. The van der Waals surface area contributed by atoms with Crippen molar-refractivity contribution in [1.29, 1.82) is 0 Å². The van der Waals surface area contributed by atoms with Crippen LogP contribution >= 0.6 is 0 Å². The van der Waals surface area contributed by atoms with E-state index in [-0.39, 0.29) is 0 Å². The molecule has 0 aromatic heterocycles. The Morgan fingerprint density at radius 1 is 1.18 bits per heavy atom. The van der Waals surface area contributed by atoms with Crippen LogP contribution in [-0.4, -0.2) is 43.3 Å². The second-order valence-electron chi connectivity index (χ2n) is 5.55. The van der Waals surface area contributed by atoms with Crippen molar-refractivity contribution in [1.82, 2.24) is 4.90 Å². The molecule has 1 aliphatic carbocycles. The molecule has 0 aromatic carbocycles. The molecule has 0 aliphatic heterocycles. The monoisotopic (exact) mass is 242 g/mol. The molecule has 0 saturated heterocycles. The summed E-state index contributed by atoms with van der Waals surface area (Å²) in [6.45, 7) is 6.34. The SMILES string of the molecule is COCCN(C(C)C)C1CCCCCCC1N. The summed E-state index contributed by atoms with van der Waals surface area (Å²) >= 11 is 0. The van der Waals surface area contributed by atoms with Crippen LogP contribution in [0.4, 0.5) is 0 Å². The minimum atomic E-state index is 0.342. The molecule has 0 aromatic rings. The molecule has 1 rings (SSSR count). The fraction of sp³-hybridized carbons (Fsp3) is 1.00. The second kappa shape index (κ2) is 8.06. The average Bonchev–Trinajstić information content (AvgIpc) is 2.27. The first-order valence-electron chi connectivity index (χ1n) is 7.17. The highest BCUT2D eigenvalue weighted by Crippen LogP contribution is 2.22. The van der Waals surface area contributed by atoms with Gasteiger partial charge in [0.1, 0.15) is 0 Å². The van der Waals surface area contributed by atoms with Gasteiger partial charge in [0.25, 0.3) is 0 Å². The summed E-state index contributed by atoms with van der Waals surface area (Å²) in [7, 11) is 1.77. The zero-order chi connectivity index (χ0) is 12.7. The van der Waals surface area contributed by atoms with E-state index >= 15 is 0 Å². The first-order chi connectivity index (χ1) is 8.16. The highest BCUT2D eigenvalue weighted by Gasteiger charge is 2.27. The Labute approximate surface area is 107 Å². The van der Waals surface area contributed by atoms with Crippen molar-refractivity contribution in [2.24, 2.45) is 5.73 Å². The van der Waals surface area contributed by atoms with E-state index in [0.29, 0.717) is 18.1 Å². The van der Waals surface area contributed by atoms with Gasteiger partial charge in [-0.25, -0.2) is 0 Å². The van der Waals surface area contributed by atoms with Crippen LogP contribution in [0.25, 0.3) is 0 Å². The molecule has 1 fully saturated rings. The maximum absolute atomic E-state index is 6.38. The maximum atomic E-state index is 6.38. The molecular formula is C14H30N2O. The Hall–Kier alpha value is -0.120. The van der Waals surface area contributed by atoms with E-state index in [1.54, 1.807) is 7.11 Å². The third kappa shape index (κ3) is 4.94. The third-order valence-corrected chi connectivity index (χ3v) is 3.92. The highest BCUT2D eigenvalue weighted by atomic mass is 16.5. The molecule has 17 heavy (non-hydrogen) atoms. The first-order valence-corrected chi connectivity index (χ1v) is 7.17. The van der Waals surface area contributed by atoms with Crippen molar-refractivity contribution in [2.75, 3.05) is 20.3 Å². The van der Waals surface area contributed by atoms with Gasteiger partial charge in [-0.05, 0) is 26.7 Å². The van der Waals surface area contributed by atoms with Crippen LogP contribution in [0.3, 0.4) is 0 Å². The molecule has 1 saturated carbocycles. The van der Waals surface area contributed by atoms with Crippen molar-refractivity contribution in [3.8, 4) is 0 Å². The number of nitrogens with zero attached hydrogens (tertiary/aromatic N) is 1. The van der Waals surface area contributed by atoms with Crippen molar-refractivity contribution in [3.63, 3.8) is 0 Å². The average molecular weight is 242 g/mol. The molecule has 0 bridgehead atoms. The largest absolute Gasteiger partial charge is 0.383 e. The topological polar surface area (TPSA) is 38.5 Å². The zero-order valence-electron chi connectivity index (χ0n) is 11.8. The van der Waals surface area contributed by atoms with Gasteiger partial charge in [0.05, 0.1) is 6.61 Å². The standard InChI is InChI=1S/C14H30N2O/c1-12(2)16(10-11-17-3)14-9-7-5-4-6-8-13(14)15/h12-14H,4-11,15H2,1-3H3. The molecule has 1 aliphatic rings. The van der Waals surface area contributed by atoms with Crippen molar-refractivity contribution < 1.29 is 4.74 Å². The summed E-state index contributed by atoms with van der Waals surface area (Å²) in [6.07, 6.45) is 7.80. The van der Waals surface area contributed by atoms with Crippen molar-refractivity contribution >= 4 is 0 Å². The number of rotatable bonds is 5. The van der Waals surface area contributed by atoms with Crippen LogP contribution in [0.2, 0.25) is 0 Å². The lowest BCUT2D eigenvalue weighted by Gasteiger charge is -2.39. The van der Waals surface area contributed by atoms with E-state index in [2.05, 4.69) is 18.7 Å². The van der Waals surface area contributed by atoms with Gasteiger partial charge in [0, 0.05) is 31.8 Å². The van der Waals surface area contributed by atoms with Crippen molar-refractivity contribution in [2.45, 2.75) is 70.5 Å². The van der Waals surface area contributed by atoms with Gasteiger partial charge in [-0.3, -0.25) is 4.90 Å². The molecule has 2 unspecified atom stereocenters. The maximum Gasteiger partial charge on any atom is 0.0589 e. The Morgan fingerprint density at radius 2 is 1.82 bits per heavy atom. The van der Waals surface area contributed by atoms with Crippen LogP contribution in [0.15, 0.2) is 0 Å². The predicted molar refractivity (Wildman–Crippen MR) is 73.2 cm³/mol. The lowest BCUT2D eigenvalue weighted by molar-refractivity contribution is 0.0745. The van der Waals surface area contributed by atoms with Gasteiger partial charge in [-0.2, -0.15) is 0 Å². The van der Waals surface area contributed by atoms with Gasteiger partial charge in [0.2, 0.25) is 0 Å². The second-order valence-corrected chi connectivity index (χ2v) is 5.55. The number of ether oxygens (including phenoxy) is 1. The fourth-order valence-corrected chi connectivity index (χ4v) is 2.91. The minimum absolute atomic E-state index is 0.342. The van der Waals surface area contributed by atoms with Gasteiger partial charge in [-0.1, -0.05) is 25.7 Å². The summed E-state index contributed by atoms with van der Waals surface area (Å²) in [4.78, 5) is 2.54. The van der Waals surface area contributed by atoms with Gasteiger partial charge >= 0.3 is 0 Å². The Morgan fingerprint density at radius 3 is 2.41 bits per heavy atom. The Kier molecular flexibility index (Phi) is 7.09. The van der Waals surface area contributed by atoms with Gasteiger partial charge < -0.3 is 10.5 Å². The molecular weight excluding hydrogens is 212 g/mol. The molecule has 3 nitrogen and oxygen atoms in total. The first kappa shape index (κ1) is 14.9. The molecule has 2 N–H and O–H groups in total. The van der Waals surface area contributed by atoms with Crippen LogP contribution in [0.1, 0.15) is 52.4 Å². The van der Waals surface area contributed by atoms with E-state index in [4.69, 9.17) is 10.5 Å². The summed E-state index contributed by atoms with van der Waals surface area (Å²) in [5.74, 6) is 0. The molecule has 3 heteroatoms. The van der Waals surface area contributed by atoms with E-state index in [9.17, 15) is 0 Å². The van der Waals surface area contributed by atoms with Crippen LogP contribution in [0, 0.1) is 0 Å². The lowest BCUT2D eigenvalue weighted by atomic mass is 9.91. The Bertz CT molecular complexity index is 197. The number of hydrogen-bond acceptors (Lipinski definition) is 3. The Balaban J connectivity index is 2.60. The van der Waals surface area contributed by atoms with Crippen LogP contribution < -0.4 is 5.73 Å². The number of hydrogen-bond donors (Lipinski definition) is 1. The smallest absolute Gasteiger partial charge is 0.0589 e. The number of nitrogens with two attached hydrogens (primary N) is 1. The highest BCUT2D eigenvalue weighted by molar-refractivity contribution is 4.85. The lowest BCUT2D eigenvalue weighted by Crippen LogP contribution is -2.52. The van der Waals surface area contributed by atoms with Crippen LogP contribution in [-0.2, 0) is 4.74 Å². The predicted octanol–water partition coefficient (Wildman–Crippen LogP) is 2.39. The molecule has 102 valence electrons. The van der Waals surface area contributed by atoms with E-state index in [0.717, 1.165) is 13.2 Å². The number of methoxy groups -OCH3 is 1. The summed E-state index contributed by atoms with van der Waals surface area (Å²) < 4.78 is 5.22. The van der Waals surface area contributed by atoms with E-state index in [1.807, 2.05) is 0 Å².